The van der Waals surface area contributed by atoms with Crippen LogP contribution < -0.4 is 5.56 Å². The maximum absolute atomic E-state index is 13.9. The number of hydrogen-bond donors (Lipinski definition) is 0. The Morgan fingerprint density at radius 1 is 1.06 bits per heavy atom. The Balaban J connectivity index is 1.72. The predicted molar refractivity (Wildman–Crippen MR) is 146 cm³/mol. The molecule has 0 fully saturated rings. The van der Waals surface area contributed by atoms with E-state index in [2.05, 4.69) is 26.0 Å². The largest absolute Gasteiger partial charge is 0.268 e. The van der Waals surface area contributed by atoms with Crippen LogP contribution >= 0.6 is 46.1 Å². The van der Waals surface area contributed by atoms with Crippen molar-refractivity contribution in [3.63, 3.8) is 0 Å². The number of rotatable bonds is 3. The van der Waals surface area contributed by atoms with Crippen molar-refractivity contribution in [2.75, 3.05) is 0 Å². The highest BCUT2D eigenvalue weighted by molar-refractivity contribution is 7.19. The van der Waals surface area contributed by atoms with Gasteiger partial charge in [0.1, 0.15) is 10.7 Å². The second-order valence-corrected chi connectivity index (χ2v) is 11.3. The van der Waals surface area contributed by atoms with E-state index < -0.39 is 0 Å². The molecule has 0 atom stereocenters. The molecule has 0 radical (unpaired) electrons. The van der Waals surface area contributed by atoms with E-state index in [-0.39, 0.29) is 11.0 Å². The highest BCUT2D eigenvalue weighted by Crippen LogP contribution is 2.46. The van der Waals surface area contributed by atoms with Gasteiger partial charge >= 0.3 is 0 Å². The third kappa shape index (κ3) is 4.03. The summed E-state index contributed by atoms with van der Waals surface area (Å²) in [5, 5.41) is 2.26. The zero-order valence-electron chi connectivity index (χ0n) is 18.8. The van der Waals surface area contributed by atoms with Gasteiger partial charge in [-0.25, -0.2) is 4.98 Å². The molecular formula is C27H21Cl3N2OS. The highest BCUT2D eigenvalue weighted by atomic mass is 35.5. The molecule has 4 aromatic rings. The fraction of sp³-hybridized carbons (Fsp3) is 0.185. The molecule has 7 heteroatoms. The molecule has 2 aromatic heterocycles. The van der Waals surface area contributed by atoms with Crippen LogP contribution in [0.1, 0.15) is 42.1 Å². The number of halogens is 3. The van der Waals surface area contributed by atoms with E-state index in [4.69, 9.17) is 39.8 Å². The molecule has 0 aliphatic heterocycles. The minimum absolute atomic E-state index is 0.144. The molecule has 5 rings (SSSR count). The fourth-order valence-electron chi connectivity index (χ4n) is 4.49. The summed E-state index contributed by atoms with van der Waals surface area (Å²) in [6.07, 6.45) is 7.07. The van der Waals surface area contributed by atoms with Crippen molar-refractivity contribution in [2.45, 2.75) is 32.6 Å². The second-order valence-electron chi connectivity index (χ2n) is 9.06. The summed E-state index contributed by atoms with van der Waals surface area (Å²) < 4.78 is 1.55. The van der Waals surface area contributed by atoms with Gasteiger partial charge in [0.05, 0.1) is 16.1 Å². The summed E-state index contributed by atoms with van der Waals surface area (Å²) in [7, 11) is 0. The summed E-state index contributed by atoms with van der Waals surface area (Å²) in [6, 6.07) is 12.8. The Morgan fingerprint density at radius 2 is 1.82 bits per heavy atom. The molecule has 34 heavy (non-hydrogen) atoms. The van der Waals surface area contributed by atoms with E-state index in [9.17, 15) is 4.79 Å². The lowest BCUT2D eigenvalue weighted by atomic mass is 9.77. The topological polar surface area (TPSA) is 34.9 Å². The van der Waals surface area contributed by atoms with Gasteiger partial charge in [-0.05, 0) is 54.8 Å². The van der Waals surface area contributed by atoms with Gasteiger partial charge in [0.25, 0.3) is 5.56 Å². The lowest BCUT2D eigenvalue weighted by Crippen LogP contribution is -2.24. The number of benzene rings is 2. The van der Waals surface area contributed by atoms with Gasteiger partial charge in [-0.3, -0.25) is 9.36 Å². The maximum atomic E-state index is 13.9. The van der Waals surface area contributed by atoms with Crippen LogP contribution in [0.5, 0.6) is 0 Å². The molecule has 3 nitrogen and oxygen atoms in total. The molecule has 2 aromatic carbocycles. The first-order chi connectivity index (χ1) is 16.2. The lowest BCUT2D eigenvalue weighted by Gasteiger charge is -2.29. The summed E-state index contributed by atoms with van der Waals surface area (Å²) in [4.78, 5) is 20.6. The van der Waals surface area contributed by atoms with E-state index in [0.717, 1.165) is 32.8 Å². The molecule has 0 N–H and O–H groups in total. The SMILES string of the molecule is Cc1nc2sc3c(c2c(=O)n1-c1cc(Cl)ccc1Cl)C=C(/C=C/c1ccccc1Cl)CC3(C)C. The Hall–Kier alpha value is -2.37. The Bertz CT molecular complexity index is 1580. The number of thiophene rings is 1. The minimum Gasteiger partial charge on any atom is -0.268 e. The van der Waals surface area contributed by atoms with Crippen LogP contribution in [0, 0.1) is 6.92 Å². The minimum atomic E-state index is -0.146. The van der Waals surface area contributed by atoms with E-state index >= 15 is 0 Å². The Kier molecular flexibility index (Phi) is 5.97. The smallest absolute Gasteiger partial charge is 0.267 e. The summed E-state index contributed by atoms with van der Waals surface area (Å²) >= 11 is 20.6. The van der Waals surface area contributed by atoms with Crippen molar-refractivity contribution in [3.05, 3.63) is 101 Å². The normalized spacial score (nSPS) is 15.1. The quantitative estimate of drug-likeness (QED) is 0.268. The number of nitrogens with zero attached hydrogens (tertiary/aromatic N) is 2. The van der Waals surface area contributed by atoms with Crippen molar-refractivity contribution in [3.8, 4) is 5.69 Å². The molecule has 0 unspecified atom stereocenters. The Morgan fingerprint density at radius 3 is 2.59 bits per heavy atom. The molecule has 0 saturated heterocycles. The van der Waals surface area contributed by atoms with E-state index in [1.54, 1.807) is 34.1 Å². The number of aryl methyl sites for hydroxylation is 1. The van der Waals surface area contributed by atoms with Gasteiger partial charge in [-0.2, -0.15) is 0 Å². The van der Waals surface area contributed by atoms with Crippen molar-refractivity contribution < 1.29 is 0 Å². The van der Waals surface area contributed by atoms with Crippen LogP contribution in [-0.2, 0) is 5.41 Å². The van der Waals surface area contributed by atoms with Crippen LogP contribution in [0.2, 0.25) is 15.1 Å². The first kappa shape index (κ1) is 23.4. The zero-order chi connectivity index (χ0) is 24.2. The van der Waals surface area contributed by atoms with Crippen LogP contribution in [0.4, 0.5) is 0 Å². The van der Waals surface area contributed by atoms with Crippen molar-refractivity contribution in [1.29, 1.82) is 0 Å². The van der Waals surface area contributed by atoms with Crippen LogP contribution in [0.3, 0.4) is 0 Å². The monoisotopic (exact) mass is 526 g/mol. The average molecular weight is 528 g/mol. The zero-order valence-corrected chi connectivity index (χ0v) is 21.9. The molecular weight excluding hydrogens is 507 g/mol. The molecule has 0 spiro atoms. The van der Waals surface area contributed by atoms with Crippen molar-refractivity contribution in [1.82, 2.24) is 9.55 Å². The molecule has 2 heterocycles. The third-order valence-corrected chi connectivity index (χ3v) is 8.42. The molecule has 0 bridgehead atoms. The predicted octanol–water partition coefficient (Wildman–Crippen LogP) is 8.49. The van der Waals surface area contributed by atoms with E-state index in [1.807, 2.05) is 37.3 Å². The summed E-state index contributed by atoms with van der Waals surface area (Å²) in [5.74, 6) is 0.570. The standard InChI is InChI=1S/C27H21Cl3N2OS/c1-15-31-25-23(26(33)32(15)22-13-18(28)10-11-21(22)30)19-12-16(14-27(2,3)24(19)34-25)8-9-17-6-4-5-7-20(17)29/h4-13H,14H2,1-3H3/b9-8+. The number of hydrogen-bond acceptors (Lipinski definition) is 3. The van der Waals surface area contributed by atoms with Gasteiger partial charge in [0.2, 0.25) is 0 Å². The lowest BCUT2D eigenvalue weighted by molar-refractivity contribution is 0.531. The summed E-state index contributed by atoms with van der Waals surface area (Å²) in [5.41, 5.74) is 3.26. The van der Waals surface area contributed by atoms with Gasteiger partial charge in [-0.1, -0.05) is 79.0 Å². The van der Waals surface area contributed by atoms with Gasteiger partial charge in [0.15, 0.2) is 0 Å². The van der Waals surface area contributed by atoms with Gasteiger partial charge < -0.3 is 0 Å². The first-order valence-electron chi connectivity index (χ1n) is 10.8. The molecule has 1 aliphatic rings. The van der Waals surface area contributed by atoms with Gasteiger partial charge in [0, 0.05) is 25.9 Å². The molecule has 1 aliphatic carbocycles. The average Bonchev–Trinajstić information content (AvgIpc) is 3.14. The van der Waals surface area contributed by atoms with Crippen LogP contribution in [0.25, 0.3) is 28.1 Å². The molecule has 172 valence electrons. The summed E-state index contributed by atoms with van der Waals surface area (Å²) in [6.45, 7) is 6.23. The van der Waals surface area contributed by atoms with Crippen LogP contribution in [-0.4, -0.2) is 9.55 Å². The van der Waals surface area contributed by atoms with Crippen molar-refractivity contribution in [2.24, 2.45) is 0 Å². The first-order valence-corrected chi connectivity index (χ1v) is 12.8. The van der Waals surface area contributed by atoms with Gasteiger partial charge in [-0.15, -0.1) is 11.3 Å². The van der Waals surface area contributed by atoms with Crippen molar-refractivity contribution >= 4 is 68.5 Å². The second kappa shape index (κ2) is 8.69. The number of allylic oxidation sites excluding steroid dienone is 2. The van der Waals surface area contributed by atoms with E-state index in [1.165, 1.54) is 0 Å². The maximum Gasteiger partial charge on any atom is 0.267 e. The third-order valence-electron chi connectivity index (χ3n) is 6.05. The number of aromatic nitrogens is 2. The molecule has 0 saturated carbocycles. The highest BCUT2D eigenvalue weighted by Gasteiger charge is 2.33. The van der Waals surface area contributed by atoms with Crippen LogP contribution in [0.15, 0.2) is 58.9 Å². The van der Waals surface area contributed by atoms with E-state index in [0.29, 0.717) is 32.0 Å². The Labute approximate surface area is 216 Å². The molecule has 0 amide bonds. The number of fused-ring (bicyclic) bond motifs is 3. The fourth-order valence-corrected chi connectivity index (χ4v) is 6.35.